The maximum Gasteiger partial charge on any atom is 0.133 e. The molecular weight excluding hydrogens is 248 g/mol. The molecular formula is C12H20N4OS. The van der Waals surface area contributed by atoms with Gasteiger partial charge in [0.1, 0.15) is 17.5 Å². The minimum absolute atomic E-state index is 0.353. The lowest BCUT2D eigenvalue weighted by atomic mass is 10.1. The molecule has 100 valence electrons. The van der Waals surface area contributed by atoms with E-state index >= 15 is 0 Å². The zero-order valence-corrected chi connectivity index (χ0v) is 11.5. The van der Waals surface area contributed by atoms with Crippen LogP contribution in [0, 0.1) is 0 Å². The Morgan fingerprint density at radius 1 is 1.44 bits per heavy atom. The Kier molecular flexibility index (Phi) is 4.52. The van der Waals surface area contributed by atoms with E-state index in [1.54, 1.807) is 6.07 Å². The third-order valence-corrected chi connectivity index (χ3v) is 4.39. The molecule has 1 aromatic rings. The second-order valence-corrected chi connectivity index (χ2v) is 6.31. The van der Waals surface area contributed by atoms with E-state index in [2.05, 4.69) is 22.2 Å². The Balaban J connectivity index is 2.02. The molecule has 2 heterocycles. The zero-order valence-electron chi connectivity index (χ0n) is 10.7. The third kappa shape index (κ3) is 3.66. The molecule has 2 rings (SSSR count). The molecule has 0 amide bonds. The number of nitrogen functional groups attached to an aromatic ring is 1. The number of rotatable bonds is 4. The predicted molar refractivity (Wildman–Crippen MR) is 75.0 cm³/mol. The first-order chi connectivity index (χ1) is 8.67. The lowest BCUT2D eigenvalue weighted by Gasteiger charge is -2.23. The summed E-state index contributed by atoms with van der Waals surface area (Å²) in [6.45, 7) is 2.09. The van der Waals surface area contributed by atoms with Crippen LogP contribution in [0.5, 0.6) is 0 Å². The van der Waals surface area contributed by atoms with Crippen LogP contribution in [0.3, 0.4) is 0 Å². The third-order valence-electron chi connectivity index (χ3n) is 3.01. The predicted octanol–water partition coefficient (Wildman–Crippen LogP) is 1.33. The maximum atomic E-state index is 11.3. The molecule has 1 fully saturated rings. The molecule has 0 spiro atoms. The highest BCUT2D eigenvalue weighted by atomic mass is 32.2. The monoisotopic (exact) mass is 268 g/mol. The second-order valence-electron chi connectivity index (χ2n) is 4.61. The average Bonchev–Trinajstić information content (AvgIpc) is 2.32. The van der Waals surface area contributed by atoms with Crippen LogP contribution < -0.4 is 11.1 Å². The molecule has 1 aromatic heterocycles. The van der Waals surface area contributed by atoms with Gasteiger partial charge in [0.25, 0.3) is 0 Å². The molecule has 0 saturated carbocycles. The molecule has 6 heteroatoms. The minimum Gasteiger partial charge on any atom is -0.384 e. The zero-order chi connectivity index (χ0) is 13.0. The molecule has 0 atom stereocenters. The second kappa shape index (κ2) is 6.13. The van der Waals surface area contributed by atoms with Gasteiger partial charge in [0, 0.05) is 40.8 Å². The molecule has 0 aliphatic carbocycles. The van der Waals surface area contributed by atoms with E-state index in [0.29, 0.717) is 11.9 Å². The lowest BCUT2D eigenvalue weighted by molar-refractivity contribution is 0.622. The van der Waals surface area contributed by atoms with Gasteiger partial charge in [-0.25, -0.2) is 9.97 Å². The highest BCUT2D eigenvalue weighted by Gasteiger charge is 2.18. The Morgan fingerprint density at radius 3 is 2.83 bits per heavy atom. The molecule has 1 saturated heterocycles. The fourth-order valence-electron chi connectivity index (χ4n) is 2.07. The highest BCUT2D eigenvalue weighted by molar-refractivity contribution is 7.85. The molecule has 3 N–H and O–H groups in total. The summed E-state index contributed by atoms with van der Waals surface area (Å²) in [5.74, 6) is 3.65. The van der Waals surface area contributed by atoms with E-state index in [9.17, 15) is 4.21 Å². The van der Waals surface area contributed by atoms with E-state index in [0.717, 1.165) is 48.8 Å². The van der Waals surface area contributed by atoms with Gasteiger partial charge in [-0.15, -0.1) is 0 Å². The smallest absolute Gasteiger partial charge is 0.133 e. The summed E-state index contributed by atoms with van der Waals surface area (Å²) < 4.78 is 11.3. The van der Waals surface area contributed by atoms with Crippen molar-refractivity contribution < 1.29 is 4.21 Å². The van der Waals surface area contributed by atoms with E-state index in [-0.39, 0.29) is 0 Å². The average molecular weight is 268 g/mol. The van der Waals surface area contributed by atoms with Crippen LogP contribution in [0.15, 0.2) is 6.07 Å². The largest absolute Gasteiger partial charge is 0.384 e. The number of nitrogens with one attached hydrogen (secondary N) is 1. The molecule has 1 aliphatic heterocycles. The molecule has 0 bridgehead atoms. The maximum absolute atomic E-state index is 11.3. The van der Waals surface area contributed by atoms with Crippen molar-refractivity contribution >= 4 is 22.4 Å². The van der Waals surface area contributed by atoms with Gasteiger partial charge in [-0.1, -0.05) is 6.92 Å². The van der Waals surface area contributed by atoms with Crippen LogP contribution in [-0.2, 0) is 17.2 Å². The van der Waals surface area contributed by atoms with Crippen molar-refractivity contribution in [1.29, 1.82) is 0 Å². The van der Waals surface area contributed by atoms with Crippen molar-refractivity contribution in [3.8, 4) is 0 Å². The first-order valence-electron chi connectivity index (χ1n) is 6.42. The SMILES string of the molecule is CCCc1nc(N)cc(NC2CCS(=O)CC2)n1. The Bertz CT molecular complexity index is 428. The van der Waals surface area contributed by atoms with Crippen molar-refractivity contribution in [2.24, 2.45) is 0 Å². The molecule has 0 radical (unpaired) electrons. The van der Waals surface area contributed by atoms with E-state index in [4.69, 9.17) is 5.73 Å². The standard InChI is InChI=1S/C12H20N4OS/c1-2-3-11-15-10(13)8-12(16-11)14-9-4-6-18(17)7-5-9/h8-9H,2-7H2,1H3,(H3,13,14,15,16). The summed E-state index contributed by atoms with van der Waals surface area (Å²) >= 11 is 0. The van der Waals surface area contributed by atoms with E-state index in [1.807, 2.05) is 0 Å². The van der Waals surface area contributed by atoms with Gasteiger partial charge in [-0.3, -0.25) is 4.21 Å². The van der Waals surface area contributed by atoms with Gasteiger partial charge in [-0.05, 0) is 19.3 Å². The normalized spacial score (nSPS) is 23.8. The number of aromatic nitrogens is 2. The van der Waals surface area contributed by atoms with Crippen molar-refractivity contribution in [2.45, 2.75) is 38.6 Å². The number of hydrogen-bond acceptors (Lipinski definition) is 5. The van der Waals surface area contributed by atoms with E-state index < -0.39 is 10.8 Å². The van der Waals surface area contributed by atoms with Crippen molar-refractivity contribution in [3.05, 3.63) is 11.9 Å². The first-order valence-corrected chi connectivity index (χ1v) is 7.91. The quantitative estimate of drug-likeness (QED) is 0.861. The number of aryl methyl sites for hydroxylation is 1. The summed E-state index contributed by atoms with van der Waals surface area (Å²) in [7, 11) is -0.628. The Labute approximate surface area is 110 Å². The van der Waals surface area contributed by atoms with Gasteiger partial charge in [0.05, 0.1) is 0 Å². The summed E-state index contributed by atoms with van der Waals surface area (Å²) in [4.78, 5) is 8.67. The van der Waals surface area contributed by atoms with Gasteiger partial charge >= 0.3 is 0 Å². The van der Waals surface area contributed by atoms with Crippen molar-refractivity contribution in [3.63, 3.8) is 0 Å². The summed E-state index contributed by atoms with van der Waals surface area (Å²) in [5, 5.41) is 3.38. The van der Waals surface area contributed by atoms with Crippen molar-refractivity contribution in [1.82, 2.24) is 9.97 Å². The fourth-order valence-corrected chi connectivity index (χ4v) is 3.37. The Morgan fingerprint density at radius 2 is 2.17 bits per heavy atom. The summed E-state index contributed by atoms with van der Waals surface area (Å²) in [6, 6.07) is 2.12. The summed E-state index contributed by atoms with van der Waals surface area (Å²) in [6.07, 6.45) is 3.71. The molecule has 1 aliphatic rings. The molecule has 18 heavy (non-hydrogen) atoms. The van der Waals surface area contributed by atoms with Crippen LogP contribution in [0.4, 0.5) is 11.6 Å². The Hall–Kier alpha value is -1.17. The van der Waals surface area contributed by atoms with Crippen LogP contribution in [0.1, 0.15) is 32.0 Å². The summed E-state index contributed by atoms with van der Waals surface area (Å²) in [5.41, 5.74) is 5.78. The van der Waals surface area contributed by atoms with Crippen LogP contribution in [0.25, 0.3) is 0 Å². The lowest BCUT2D eigenvalue weighted by Crippen LogP contribution is -2.29. The van der Waals surface area contributed by atoms with Gasteiger partial charge < -0.3 is 11.1 Å². The van der Waals surface area contributed by atoms with E-state index in [1.165, 1.54) is 0 Å². The van der Waals surface area contributed by atoms with Gasteiger partial charge in [-0.2, -0.15) is 0 Å². The topological polar surface area (TPSA) is 80.9 Å². The number of nitrogens with zero attached hydrogens (tertiary/aromatic N) is 2. The first kappa shape index (κ1) is 13.3. The van der Waals surface area contributed by atoms with Gasteiger partial charge in [0.15, 0.2) is 0 Å². The number of nitrogens with two attached hydrogens (primary N) is 1. The van der Waals surface area contributed by atoms with Gasteiger partial charge in [0.2, 0.25) is 0 Å². The molecule has 0 unspecified atom stereocenters. The van der Waals surface area contributed by atoms with Crippen LogP contribution >= 0.6 is 0 Å². The van der Waals surface area contributed by atoms with Crippen LogP contribution in [0.2, 0.25) is 0 Å². The number of anilines is 2. The number of hydrogen-bond donors (Lipinski definition) is 2. The molecule has 0 aromatic carbocycles. The van der Waals surface area contributed by atoms with Crippen molar-refractivity contribution in [2.75, 3.05) is 22.6 Å². The fraction of sp³-hybridized carbons (Fsp3) is 0.667. The highest BCUT2D eigenvalue weighted by Crippen LogP contribution is 2.16. The molecule has 5 nitrogen and oxygen atoms in total. The van der Waals surface area contributed by atoms with Crippen LogP contribution in [-0.4, -0.2) is 31.7 Å². The minimum atomic E-state index is -0.628.